The van der Waals surface area contributed by atoms with E-state index in [1.54, 1.807) is 18.0 Å². The third-order valence-electron chi connectivity index (χ3n) is 3.98. The summed E-state index contributed by atoms with van der Waals surface area (Å²) in [6.07, 6.45) is 1.74. The molecule has 136 valence electrons. The van der Waals surface area contributed by atoms with E-state index in [1.165, 1.54) is 22.2 Å². The van der Waals surface area contributed by atoms with Crippen molar-refractivity contribution in [3.05, 3.63) is 70.3 Å². The summed E-state index contributed by atoms with van der Waals surface area (Å²) in [6, 6.07) is 12.8. The Balaban J connectivity index is 1.58. The molecular weight excluding hydrogens is 364 g/mol. The fourth-order valence-electron chi connectivity index (χ4n) is 2.62. The number of hydrogen-bond acceptors (Lipinski definition) is 7. The SMILES string of the molecule is COc1ccc(-n2nnnc2SCc2cc(=O)n3ccc(C)cc3n2)cc1. The molecule has 4 rings (SSSR count). The molecular formula is C18H16N6O2S. The molecule has 3 heterocycles. The Morgan fingerprint density at radius 3 is 2.74 bits per heavy atom. The lowest BCUT2D eigenvalue weighted by molar-refractivity contribution is 0.414. The molecule has 0 amide bonds. The summed E-state index contributed by atoms with van der Waals surface area (Å²) >= 11 is 1.42. The summed E-state index contributed by atoms with van der Waals surface area (Å²) in [5, 5.41) is 12.5. The molecule has 0 unspecified atom stereocenters. The van der Waals surface area contributed by atoms with Crippen molar-refractivity contribution in [3.8, 4) is 11.4 Å². The molecule has 0 radical (unpaired) electrons. The van der Waals surface area contributed by atoms with E-state index >= 15 is 0 Å². The van der Waals surface area contributed by atoms with Gasteiger partial charge in [0.25, 0.3) is 5.56 Å². The van der Waals surface area contributed by atoms with Crippen molar-refractivity contribution in [2.75, 3.05) is 7.11 Å². The van der Waals surface area contributed by atoms with Gasteiger partial charge in [0.05, 0.1) is 18.5 Å². The number of methoxy groups -OCH3 is 1. The van der Waals surface area contributed by atoms with Gasteiger partial charge in [0.1, 0.15) is 11.4 Å². The monoisotopic (exact) mass is 380 g/mol. The number of nitrogens with zero attached hydrogens (tertiary/aromatic N) is 6. The first kappa shape index (κ1) is 17.2. The molecule has 0 saturated carbocycles. The third-order valence-corrected chi connectivity index (χ3v) is 4.94. The zero-order valence-corrected chi connectivity index (χ0v) is 15.6. The maximum absolute atomic E-state index is 12.3. The van der Waals surface area contributed by atoms with Crippen molar-refractivity contribution in [2.24, 2.45) is 0 Å². The molecule has 1 aromatic carbocycles. The number of rotatable bonds is 5. The summed E-state index contributed by atoms with van der Waals surface area (Å²) in [4.78, 5) is 16.8. The first-order valence-electron chi connectivity index (χ1n) is 8.18. The zero-order chi connectivity index (χ0) is 18.8. The molecule has 0 aliphatic carbocycles. The minimum Gasteiger partial charge on any atom is -0.497 e. The Bertz CT molecular complexity index is 1150. The highest BCUT2D eigenvalue weighted by molar-refractivity contribution is 7.98. The van der Waals surface area contributed by atoms with E-state index in [4.69, 9.17) is 4.74 Å². The maximum Gasteiger partial charge on any atom is 0.258 e. The van der Waals surface area contributed by atoms with Gasteiger partial charge in [0, 0.05) is 18.0 Å². The van der Waals surface area contributed by atoms with Crippen LogP contribution in [0.5, 0.6) is 5.75 Å². The number of fused-ring (bicyclic) bond motifs is 1. The fourth-order valence-corrected chi connectivity index (χ4v) is 3.40. The highest BCUT2D eigenvalue weighted by atomic mass is 32.2. The molecule has 3 aromatic heterocycles. The second kappa shape index (κ2) is 7.20. The lowest BCUT2D eigenvalue weighted by Gasteiger charge is -2.06. The standard InChI is InChI=1S/C18H16N6O2S/c1-12-7-8-23-16(9-12)19-13(10-17(23)25)11-27-18-20-21-22-24(18)14-3-5-15(26-2)6-4-14/h3-10H,11H2,1-2H3. The molecule has 9 heteroatoms. The van der Waals surface area contributed by atoms with Crippen LogP contribution in [0.2, 0.25) is 0 Å². The highest BCUT2D eigenvalue weighted by Gasteiger charge is 2.11. The molecule has 0 bridgehead atoms. The summed E-state index contributed by atoms with van der Waals surface area (Å²) in [6.45, 7) is 1.97. The Kier molecular flexibility index (Phi) is 4.59. The van der Waals surface area contributed by atoms with Gasteiger partial charge < -0.3 is 4.74 Å². The molecule has 0 spiro atoms. The first-order valence-corrected chi connectivity index (χ1v) is 9.17. The van der Waals surface area contributed by atoms with E-state index in [0.29, 0.717) is 22.3 Å². The summed E-state index contributed by atoms with van der Waals surface area (Å²) in [5.41, 5.74) is 3.08. The Morgan fingerprint density at radius 2 is 1.96 bits per heavy atom. The van der Waals surface area contributed by atoms with Crippen LogP contribution in [0.15, 0.2) is 58.6 Å². The number of hydrogen-bond donors (Lipinski definition) is 0. The summed E-state index contributed by atoms with van der Waals surface area (Å²) < 4.78 is 8.34. The molecule has 0 aliphatic heterocycles. The Morgan fingerprint density at radius 1 is 1.15 bits per heavy atom. The molecule has 0 saturated heterocycles. The molecule has 0 N–H and O–H groups in total. The van der Waals surface area contributed by atoms with E-state index in [-0.39, 0.29) is 5.56 Å². The van der Waals surface area contributed by atoms with Crippen molar-refractivity contribution < 1.29 is 4.74 Å². The maximum atomic E-state index is 12.3. The van der Waals surface area contributed by atoms with Gasteiger partial charge in [-0.2, -0.15) is 4.68 Å². The summed E-state index contributed by atoms with van der Waals surface area (Å²) in [5.74, 6) is 1.24. The number of benzene rings is 1. The molecule has 8 nitrogen and oxygen atoms in total. The normalized spacial score (nSPS) is 11.0. The average molecular weight is 380 g/mol. The van der Waals surface area contributed by atoms with Crippen LogP contribution in [0.25, 0.3) is 11.3 Å². The van der Waals surface area contributed by atoms with E-state index in [1.807, 2.05) is 43.3 Å². The second-order valence-electron chi connectivity index (χ2n) is 5.88. The number of aromatic nitrogens is 6. The predicted molar refractivity (Wildman–Crippen MR) is 101 cm³/mol. The number of pyridine rings is 1. The van der Waals surface area contributed by atoms with Crippen LogP contribution in [0.1, 0.15) is 11.3 Å². The van der Waals surface area contributed by atoms with Crippen LogP contribution in [0.4, 0.5) is 0 Å². The number of aryl methyl sites for hydroxylation is 1. The Labute approximate surface area is 158 Å². The van der Waals surface area contributed by atoms with Crippen molar-refractivity contribution in [1.82, 2.24) is 29.6 Å². The van der Waals surface area contributed by atoms with Crippen LogP contribution >= 0.6 is 11.8 Å². The van der Waals surface area contributed by atoms with Crippen molar-refractivity contribution in [2.45, 2.75) is 17.8 Å². The highest BCUT2D eigenvalue weighted by Crippen LogP contribution is 2.22. The average Bonchev–Trinajstić information content (AvgIpc) is 3.14. The van der Waals surface area contributed by atoms with Crippen LogP contribution < -0.4 is 10.3 Å². The van der Waals surface area contributed by atoms with Gasteiger partial charge in [0.15, 0.2) is 0 Å². The van der Waals surface area contributed by atoms with Crippen molar-refractivity contribution in [1.29, 1.82) is 0 Å². The largest absolute Gasteiger partial charge is 0.497 e. The van der Waals surface area contributed by atoms with Crippen LogP contribution in [0.3, 0.4) is 0 Å². The number of thioether (sulfide) groups is 1. The smallest absolute Gasteiger partial charge is 0.258 e. The molecule has 0 fully saturated rings. The van der Waals surface area contributed by atoms with E-state index in [9.17, 15) is 4.79 Å². The molecule has 0 aliphatic rings. The van der Waals surface area contributed by atoms with Crippen molar-refractivity contribution >= 4 is 17.4 Å². The fraction of sp³-hybridized carbons (Fsp3) is 0.167. The predicted octanol–water partition coefficient (Wildman–Crippen LogP) is 2.28. The number of ether oxygens (including phenoxy) is 1. The van der Waals surface area contributed by atoms with Gasteiger partial charge in [-0.05, 0) is 59.3 Å². The minimum absolute atomic E-state index is 0.106. The first-order chi connectivity index (χ1) is 13.1. The lowest BCUT2D eigenvalue weighted by Crippen LogP contribution is -2.15. The van der Waals surface area contributed by atoms with Gasteiger partial charge >= 0.3 is 0 Å². The Hall–Kier alpha value is -3.20. The lowest BCUT2D eigenvalue weighted by atomic mass is 10.3. The van der Waals surface area contributed by atoms with Gasteiger partial charge in [0.2, 0.25) is 5.16 Å². The van der Waals surface area contributed by atoms with Crippen molar-refractivity contribution in [3.63, 3.8) is 0 Å². The molecule has 4 aromatic rings. The van der Waals surface area contributed by atoms with E-state index in [2.05, 4.69) is 20.5 Å². The van der Waals surface area contributed by atoms with Crippen LogP contribution in [0, 0.1) is 6.92 Å². The van der Waals surface area contributed by atoms with Gasteiger partial charge in [-0.1, -0.05) is 11.8 Å². The minimum atomic E-state index is -0.106. The van der Waals surface area contributed by atoms with Gasteiger partial charge in [-0.25, -0.2) is 4.98 Å². The molecule has 27 heavy (non-hydrogen) atoms. The second-order valence-corrected chi connectivity index (χ2v) is 6.82. The van der Waals surface area contributed by atoms with E-state index < -0.39 is 0 Å². The van der Waals surface area contributed by atoms with Crippen LogP contribution in [-0.2, 0) is 5.75 Å². The van der Waals surface area contributed by atoms with Gasteiger partial charge in [-0.15, -0.1) is 5.10 Å². The number of tetrazole rings is 1. The quantitative estimate of drug-likeness (QED) is 0.491. The summed E-state index contributed by atoms with van der Waals surface area (Å²) in [7, 11) is 1.62. The van der Waals surface area contributed by atoms with Crippen LogP contribution in [-0.4, -0.2) is 36.7 Å². The molecule has 0 atom stereocenters. The topological polar surface area (TPSA) is 87.2 Å². The van der Waals surface area contributed by atoms with E-state index in [0.717, 1.165) is 17.0 Å². The zero-order valence-electron chi connectivity index (χ0n) is 14.7. The third kappa shape index (κ3) is 3.54. The van der Waals surface area contributed by atoms with Gasteiger partial charge in [-0.3, -0.25) is 9.20 Å².